The van der Waals surface area contributed by atoms with Gasteiger partial charge in [0.1, 0.15) is 5.82 Å². The third-order valence-corrected chi connectivity index (χ3v) is 4.81. The van der Waals surface area contributed by atoms with Crippen LogP contribution in [0.15, 0.2) is 24.4 Å². The average Bonchev–Trinajstić information content (AvgIpc) is 3.10. The molecule has 0 fully saturated rings. The molecule has 124 valence electrons. The number of thiophene rings is 1. The van der Waals surface area contributed by atoms with Crippen molar-refractivity contribution >= 4 is 46.3 Å². The van der Waals surface area contributed by atoms with Crippen LogP contribution in [0.5, 0.6) is 0 Å². The van der Waals surface area contributed by atoms with E-state index in [1.807, 2.05) is 12.1 Å². The summed E-state index contributed by atoms with van der Waals surface area (Å²) in [5.41, 5.74) is 1.88. The van der Waals surface area contributed by atoms with Crippen LogP contribution >= 0.6 is 11.3 Å². The highest BCUT2D eigenvalue weighted by molar-refractivity contribution is 7.13. The second kappa shape index (κ2) is 6.97. The molecule has 0 saturated carbocycles. The number of aromatic nitrogens is 1. The molecular weight excluding hydrogens is 322 g/mol. The van der Waals surface area contributed by atoms with Gasteiger partial charge in [-0.3, -0.25) is 9.59 Å². The minimum atomic E-state index is -0.168. The van der Waals surface area contributed by atoms with Gasteiger partial charge < -0.3 is 10.6 Å². The highest BCUT2D eigenvalue weighted by Gasteiger charge is 2.26. The fraction of sp³-hybridized carbons (Fsp3) is 0.278. The van der Waals surface area contributed by atoms with E-state index in [1.165, 1.54) is 30.8 Å². The molecule has 2 aromatic rings. The lowest BCUT2D eigenvalue weighted by molar-refractivity contribution is -0.114. The quantitative estimate of drug-likeness (QED) is 0.809. The Hall–Kier alpha value is -2.47. The second-order valence-electron chi connectivity index (χ2n) is 5.72. The number of hydrogen-bond acceptors (Lipinski definition) is 4. The Balaban J connectivity index is 1.90. The van der Waals surface area contributed by atoms with Crippen molar-refractivity contribution in [3.05, 3.63) is 39.7 Å². The van der Waals surface area contributed by atoms with Gasteiger partial charge in [-0.05, 0) is 37.1 Å². The number of rotatable bonds is 5. The Bertz CT molecular complexity index is 823. The maximum Gasteiger partial charge on any atom is 0.257 e. The van der Waals surface area contributed by atoms with Crippen LogP contribution in [-0.4, -0.2) is 16.8 Å². The first-order chi connectivity index (χ1) is 11.6. The molecule has 0 spiro atoms. The fourth-order valence-corrected chi connectivity index (χ4v) is 3.58. The minimum absolute atomic E-state index is 0.166. The van der Waals surface area contributed by atoms with E-state index in [-0.39, 0.29) is 11.8 Å². The van der Waals surface area contributed by atoms with E-state index in [1.54, 1.807) is 17.4 Å². The first-order valence-corrected chi connectivity index (χ1v) is 8.78. The summed E-state index contributed by atoms with van der Waals surface area (Å²) in [5.74, 6) is 0.197. The van der Waals surface area contributed by atoms with Gasteiger partial charge in [0.2, 0.25) is 5.91 Å². The van der Waals surface area contributed by atoms with Gasteiger partial charge in [-0.1, -0.05) is 13.3 Å². The first-order valence-electron chi connectivity index (χ1n) is 7.96. The van der Waals surface area contributed by atoms with Crippen LogP contribution in [-0.2, 0) is 16.0 Å². The number of hydrogen-bond donors (Lipinski definition) is 2. The summed E-state index contributed by atoms with van der Waals surface area (Å²) in [4.78, 5) is 30.0. The van der Waals surface area contributed by atoms with E-state index < -0.39 is 0 Å². The van der Waals surface area contributed by atoms with Gasteiger partial charge >= 0.3 is 0 Å². The highest BCUT2D eigenvalue weighted by Crippen LogP contribution is 2.34. The molecule has 3 rings (SSSR count). The van der Waals surface area contributed by atoms with Gasteiger partial charge in [0.15, 0.2) is 0 Å². The zero-order chi connectivity index (χ0) is 17.1. The predicted octanol–water partition coefficient (Wildman–Crippen LogP) is 3.94. The van der Waals surface area contributed by atoms with Crippen LogP contribution in [0.2, 0.25) is 0 Å². The third kappa shape index (κ3) is 3.54. The molecule has 2 aromatic heterocycles. The smallest absolute Gasteiger partial charge is 0.257 e. The number of pyridine rings is 1. The molecule has 1 aliphatic heterocycles. The Labute approximate surface area is 144 Å². The van der Waals surface area contributed by atoms with Gasteiger partial charge in [0.25, 0.3) is 5.91 Å². The number of carbonyl (C=O) groups is 2. The minimum Gasteiger partial charge on any atom is -0.325 e. The van der Waals surface area contributed by atoms with Crippen molar-refractivity contribution in [3.8, 4) is 0 Å². The number of anilines is 2. The number of unbranched alkanes of at least 4 members (excludes halogenated alkanes) is 1. The molecule has 2 N–H and O–H groups in total. The van der Waals surface area contributed by atoms with E-state index in [9.17, 15) is 9.59 Å². The second-order valence-corrected chi connectivity index (χ2v) is 6.92. The van der Waals surface area contributed by atoms with Gasteiger partial charge in [0, 0.05) is 22.2 Å². The largest absolute Gasteiger partial charge is 0.325 e. The van der Waals surface area contributed by atoms with Crippen molar-refractivity contribution in [3.63, 3.8) is 0 Å². The Morgan fingerprint density at radius 2 is 2.25 bits per heavy atom. The lowest BCUT2D eigenvalue weighted by Crippen LogP contribution is -2.06. The zero-order valence-electron chi connectivity index (χ0n) is 13.7. The molecule has 0 atom stereocenters. The van der Waals surface area contributed by atoms with Crippen molar-refractivity contribution in [2.75, 3.05) is 10.6 Å². The summed E-state index contributed by atoms with van der Waals surface area (Å²) in [5, 5.41) is 5.46. The average molecular weight is 341 g/mol. The maximum absolute atomic E-state index is 12.2. The number of carbonyl (C=O) groups excluding carboxylic acids is 2. The predicted molar refractivity (Wildman–Crippen MR) is 98.0 cm³/mol. The zero-order valence-corrected chi connectivity index (χ0v) is 14.5. The summed E-state index contributed by atoms with van der Waals surface area (Å²) in [6.45, 7) is 3.62. The van der Waals surface area contributed by atoms with Crippen LogP contribution in [0.1, 0.15) is 42.0 Å². The molecule has 2 amide bonds. The van der Waals surface area contributed by atoms with Crippen LogP contribution < -0.4 is 10.6 Å². The molecule has 0 saturated heterocycles. The summed E-state index contributed by atoms with van der Waals surface area (Å²) in [7, 11) is 0. The SMILES string of the molecule is CCCCc1ccc(C=C2C(=O)Nc3ncc(NC(C)=O)cc32)s1. The molecule has 0 bridgehead atoms. The normalized spacial score (nSPS) is 14.6. The highest BCUT2D eigenvalue weighted by atomic mass is 32.1. The lowest BCUT2D eigenvalue weighted by Gasteiger charge is -2.03. The van der Waals surface area contributed by atoms with Gasteiger partial charge in [-0.15, -0.1) is 11.3 Å². The van der Waals surface area contributed by atoms with Crippen LogP contribution in [0.25, 0.3) is 11.6 Å². The molecule has 0 aliphatic carbocycles. The van der Waals surface area contributed by atoms with E-state index in [2.05, 4.69) is 28.6 Å². The molecule has 6 heteroatoms. The van der Waals surface area contributed by atoms with Crippen molar-refractivity contribution in [2.24, 2.45) is 0 Å². The Morgan fingerprint density at radius 3 is 3.00 bits per heavy atom. The number of fused-ring (bicyclic) bond motifs is 1. The van der Waals surface area contributed by atoms with Crippen LogP contribution in [0.3, 0.4) is 0 Å². The van der Waals surface area contributed by atoms with Crippen molar-refractivity contribution in [2.45, 2.75) is 33.1 Å². The lowest BCUT2D eigenvalue weighted by atomic mass is 10.1. The van der Waals surface area contributed by atoms with Gasteiger partial charge in [0.05, 0.1) is 17.5 Å². The van der Waals surface area contributed by atoms with E-state index >= 15 is 0 Å². The first kappa shape index (κ1) is 16.4. The van der Waals surface area contributed by atoms with Crippen LogP contribution in [0, 0.1) is 0 Å². The fourth-order valence-electron chi connectivity index (χ4n) is 2.58. The molecule has 0 radical (unpaired) electrons. The number of aryl methyl sites for hydroxylation is 1. The number of nitrogens with zero attached hydrogens (tertiary/aromatic N) is 1. The summed E-state index contributed by atoms with van der Waals surface area (Å²) in [6.07, 6.45) is 6.84. The van der Waals surface area contributed by atoms with Gasteiger partial charge in [-0.2, -0.15) is 0 Å². The Kier molecular flexibility index (Phi) is 4.76. The van der Waals surface area contributed by atoms with E-state index in [0.717, 1.165) is 16.9 Å². The van der Waals surface area contributed by atoms with Crippen molar-refractivity contribution in [1.82, 2.24) is 4.98 Å². The number of nitrogens with one attached hydrogen (secondary N) is 2. The van der Waals surface area contributed by atoms with Gasteiger partial charge in [-0.25, -0.2) is 4.98 Å². The topological polar surface area (TPSA) is 71.1 Å². The summed E-state index contributed by atoms with van der Waals surface area (Å²) in [6, 6.07) is 5.94. The third-order valence-electron chi connectivity index (χ3n) is 3.72. The molecule has 0 unspecified atom stereocenters. The molecule has 0 aromatic carbocycles. The van der Waals surface area contributed by atoms with Crippen molar-refractivity contribution < 1.29 is 9.59 Å². The maximum atomic E-state index is 12.2. The molecular formula is C18H19N3O2S. The summed E-state index contributed by atoms with van der Waals surface area (Å²) < 4.78 is 0. The molecule has 1 aliphatic rings. The Morgan fingerprint density at radius 1 is 1.42 bits per heavy atom. The molecule has 5 nitrogen and oxygen atoms in total. The van der Waals surface area contributed by atoms with E-state index in [4.69, 9.17) is 0 Å². The summed E-state index contributed by atoms with van der Waals surface area (Å²) >= 11 is 1.70. The van der Waals surface area contributed by atoms with Crippen molar-refractivity contribution in [1.29, 1.82) is 0 Å². The molecule has 3 heterocycles. The standard InChI is InChI=1S/C18H19N3O2S/c1-3-4-5-13-6-7-14(24-13)9-16-15-8-12(20-11(2)22)10-19-17(15)21-18(16)23/h6-10H,3-5H2,1-2H3,(H,20,22)(H,19,21,23). The monoisotopic (exact) mass is 341 g/mol. The number of amides is 2. The van der Waals surface area contributed by atoms with Crippen LogP contribution in [0.4, 0.5) is 11.5 Å². The van der Waals surface area contributed by atoms with E-state index in [0.29, 0.717) is 17.1 Å². The molecule has 24 heavy (non-hydrogen) atoms.